The molecule has 2 aromatic heterocycles. The molecule has 164 valence electrons. The Morgan fingerprint density at radius 3 is 2.75 bits per heavy atom. The first-order valence-electron chi connectivity index (χ1n) is 9.95. The standard InChI is InChI=1S/C23H22N4O5/c1-13-4-5-14-11-16(23(29)25-17(14)10-13)22-26-21(32-27-22)9-8-20(28)24-18-12-15(30-2)6-7-19(18)31-3/h4-7,10-12H,8-9H2,1-3H3,(H,24,28)(H,25,29). The Labute approximate surface area is 183 Å². The van der Waals surface area contributed by atoms with E-state index in [4.69, 9.17) is 14.0 Å². The van der Waals surface area contributed by atoms with Crippen molar-refractivity contribution in [3.05, 3.63) is 64.3 Å². The minimum Gasteiger partial charge on any atom is -0.497 e. The summed E-state index contributed by atoms with van der Waals surface area (Å²) in [6.45, 7) is 1.96. The van der Waals surface area contributed by atoms with Gasteiger partial charge in [-0.15, -0.1) is 0 Å². The van der Waals surface area contributed by atoms with Gasteiger partial charge in [0.2, 0.25) is 17.6 Å². The number of aromatic amines is 1. The second-order valence-electron chi connectivity index (χ2n) is 7.23. The Morgan fingerprint density at radius 2 is 1.97 bits per heavy atom. The van der Waals surface area contributed by atoms with Gasteiger partial charge < -0.3 is 24.3 Å². The number of benzene rings is 2. The number of nitrogens with one attached hydrogen (secondary N) is 2. The molecule has 2 N–H and O–H groups in total. The third-order valence-electron chi connectivity index (χ3n) is 4.96. The average molecular weight is 434 g/mol. The number of carbonyl (C=O) groups is 1. The molecule has 4 rings (SSSR count). The summed E-state index contributed by atoms with van der Waals surface area (Å²) in [5.41, 5.74) is 2.29. The molecule has 4 aromatic rings. The number of pyridine rings is 1. The smallest absolute Gasteiger partial charge is 0.259 e. The van der Waals surface area contributed by atoms with Gasteiger partial charge in [0.25, 0.3) is 5.56 Å². The van der Waals surface area contributed by atoms with Crippen molar-refractivity contribution in [2.45, 2.75) is 19.8 Å². The summed E-state index contributed by atoms with van der Waals surface area (Å²) in [5.74, 6) is 1.30. The topological polar surface area (TPSA) is 119 Å². The summed E-state index contributed by atoms with van der Waals surface area (Å²) in [4.78, 5) is 32.0. The second-order valence-corrected chi connectivity index (χ2v) is 7.23. The van der Waals surface area contributed by atoms with Crippen LogP contribution in [0.25, 0.3) is 22.3 Å². The highest BCUT2D eigenvalue weighted by atomic mass is 16.5. The molecule has 0 atom stereocenters. The first-order valence-corrected chi connectivity index (χ1v) is 9.95. The van der Waals surface area contributed by atoms with Crippen molar-refractivity contribution in [1.82, 2.24) is 15.1 Å². The fourth-order valence-electron chi connectivity index (χ4n) is 3.29. The van der Waals surface area contributed by atoms with E-state index in [1.54, 1.807) is 31.4 Å². The number of fused-ring (bicyclic) bond motifs is 1. The molecule has 0 fully saturated rings. The third kappa shape index (κ3) is 4.46. The van der Waals surface area contributed by atoms with Crippen molar-refractivity contribution in [2.75, 3.05) is 19.5 Å². The van der Waals surface area contributed by atoms with Gasteiger partial charge in [0.05, 0.1) is 25.5 Å². The van der Waals surface area contributed by atoms with Crippen LogP contribution in [0.1, 0.15) is 17.9 Å². The first-order chi connectivity index (χ1) is 15.5. The van der Waals surface area contributed by atoms with Crippen LogP contribution in [-0.4, -0.2) is 35.3 Å². The number of hydrogen-bond acceptors (Lipinski definition) is 7. The number of hydrogen-bond donors (Lipinski definition) is 2. The van der Waals surface area contributed by atoms with Crippen molar-refractivity contribution in [1.29, 1.82) is 0 Å². The molecule has 9 nitrogen and oxygen atoms in total. The van der Waals surface area contributed by atoms with E-state index in [0.29, 0.717) is 22.7 Å². The van der Waals surface area contributed by atoms with E-state index in [9.17, 15) is 9.59 Å². The molecule has 0 aliphatic heterocycles. The number of amides is 1. The zero-order chi connectivity index (χ0) is 22.7. The molecule has 2 aromatic carbocycles. The molecule has 32 heavy (non-hydrogen) atoms. The van der Waals surface area contributed by atoms with Crippen LogP contribution in [0.2, 0.25) is 0 Å². The number of rotatable bonds is 7. The van der Waals surface area contributed by atoms with Crippen molar-refractivity contribution in [3.63, 3.8) is 0 Å². The third-order valence-corrected chi connectivity index (χ3v) is 4.96. The highest BCUT2D eigenvalue weighted by Crippen LogP contribution is 2.29. The molecule has 0 bridgehead atoms. The summed E-state index contributed by atoms with van der Waals surface area (Å²) in [5, 5.41) is 7.56. The molecule has 0 saturated heterocycles. The van der Waals surface area contributed by atoms with Gasteiger partial charge in [-0.1, -0.05) is 17.3 Å². The second kappa shape index (κ2) is 8.93. The molecular formula is C23H22N4O5. The van der Waals surface area contributed by atoms with Crippen LogP contribution in [0.15, 0.2) is 51.8 Å². The monoisotopic (exact) mass is 434 g/mol. The fraction of sp³-hybridized carbons (Fsp3) is 0.217. The van der Waals surface area contributed by atoms with Gasteiger partial charge >= 0.3 is 0 Å². The van der Waals surface area contributed by atoms with Gasteiger partial charge in [0.15, 0.2) is 0 Å². The van der Waals surface area contributed by atoms with Gasteiger partial charge in [0, 0.05) is 24.4 Å². The van der Waals surface area contributed by atoms with E-state index in [0.717, 1.165) is 16.5 Å². The summed E-state index contributed by atoms with van der Waals surface area (Å²) in [6, 6.07) is 12.6. The maximum atomic E-state index is 12.5. The maximum Gasteiger partial charge on any atom is 0.259 e. The minimum atomic E-state index is -0.307. The van der Waals surface area contributed by atoms with Gasteiger partial charge in [0.1, 0.15) is 11.5 Å². The zero-order valence-corrected chi connectivity index (χ0v) is 17.9. The molecule has 0 spiro atoms. The predicted octanol–water partition coefficient (Wildman–Crippen LogP) is 3.48. The number of carbonyl (C=O) groups excluding carboxylic acids is 1. The summed E-state index contributed by atoms with van der Waals surface area (Å²) >= 11 is 0. The Morgan fingerprint density at radius 1 is 1.12 bits per heavy atom. The minimum absolute atomic E-state index is 0.106. The van der Waals surface area contributed by atoms with Crippen molar-refractivity contribution in [2.24, 2.45) is 0 Å². The average Bonchev–Trinajstić information content (AvgIpc) is 3.26. The molecule has 0 saturated carbocycles. The van der Waals surface area contributed by atoms with Gasteiger partial charge in [-0.05, 0) is 42.1 Å². The molecule has 2 heterocycles. The lowest BCUT2D eigenvalue weighted by molar-refractivity contribution is -0.116. The number of ether oxygens (including phenoxy) is 2. The number of methoxy groups -OCH3 is 2. The van der Waals surface area contributed by atoms with Crippen LogP contribution < -0.4 is 20.3 Å². The predicted molar refractivity (Wildman–Crippen MR) is 119 cm³/mol. The van der Waals surface area contributed by atoms with Crippen molar-refractivity contribution >= 4 is 22.5 Å². The molecule has 1 amide bonds. The van der Waals surface area contributed by atoms with E-state index in [1.165, 1.54) is 7.11 Å². The largest absolute Gasteiger partial charge is 0.497 e. The lowest BCUT2D eigenvalue weighted by Gasteiger charge is -2.11. The number of H-pyrrole nitrogens is 1. The lowest BCUT2D eigenvalue weighted by Crippen LogP contribution is -2.13. The molecule has 0 aliphatic rings. The van der Waals surface area contributed by atoms with Crippen LogP contribution in [0, 0.1) is 6.92 Å². The quantitative estimate of drug-likeness (QED) is 0.457. The van der Waals surface area contributed by atoms with Crippen LogP contribution in [0.5, 0.6) is 11.5 Å². The SMILES string of the molecule is COc1ccc(OC)c(NC(=O)CCc2nc(-c3cc4ccc(C)cc4[nH]c3=O)no2)c1. The number of nitrogens with zero attached hydrogens (tertiary/aromatic N) is 2. The Bertz CT molecular complexity index is 1340. The van der Waals surface area contributed by atoms with Gasteiger partial charge in [-0.2, -0.15) is 4.98 Å². The lowest BCUT2D eigenvalue weighted by atomic mass is 10.1. The van der Waals surface area contributed by atoms with Crippen LogP contribution in [0.4, 0.5) is 5.69 Å². The van der Waals surface area contributed by atoms with Gasteiger partial charge in [-0.3, -0.25) is 9.59 Å². The van der Waals surface area contributed by atoms with E-state index >= 15 is 0 Å². The highest BCUT2D eigenvalue weighted by molar-refractivity contribution is 5.92. The number of aromatic nitrogens is 3. The summed E-state index contributed by atoms with van der Waals surface area (Å²) in [7, 11) is 3.06. The summed E-state index contributed by atoms with van der Waals surface area (Å²) in [6.07, 6.45) is 0.325. The van der Waals surface area contributed by atoms with E-state index in [-0.39, 0.29) is 36.0 Å². The Balaban J connectivity index is 1.46. The summed E-state index contributed by atoms with van der Waals surface area (Å²) < 4.78 is 15.7. The van der Waals surface area contributed by atoms with Crippen LogP contribution >= 0.6 is 0 Å². The van der Waals surface area contributed by atoms with Crippen molar-refractivity contribution < 1.29 is 18.8 Å². The molecule has 9 heteroatoms. The maximum absolute atomic E-state index is 12.5. The molecule has 0 aliphatic carbocycles. The fourth-order valence-corrected chi connectivity index (χ4v) is 3.29. The van der Waals surface area contributed by atoms with E-state index in [1.807, 2.05) is 25.1 Å². The number of anilines is 1. The van der Waals surface area contributed by atoms with Crippen molar-refractivity contribution in [3.8, 4) is 22.9 Å². The first kappa shape index (κ1) is 21.1. The normalized spacial score (nSPS) is 10.8. The molecule has 0 radical (unpaired) electrons. The van der Waals surface area contributed by atoms with Crippen LogP contribution in [-0.2, 0) is 11.2 Å². The highest BCUT2D eigenvalue weighted by Gasteiger charge is 2.15. The van der Waals surface area contributed by atoms with Crippen LogP contribution in [0.3, 0.4) is 0 Å². The van der Waals surface area contributed by atoms with Gasteiger partial charge in [-0.25, -0.2) is 0 Å². The van der Waals surface area contributed by atoms with E-state index in [2.05, 4.69) is 20.4 Å². The molecular weight excluding hydrogens is 412 g/mol. The number of aryl methyl sites for hydroxylation is 2. The Hall–Kier alpha value is -4.14. The zero-order valence-electron chi connectivity index (χ0n) is 17.9. The molecule has 0 unspecified atom stereocenters. The van der Waals surface area contributed by atoms with E-state index < -0.39 is 0 Å². The Kier molecular flexibility index (Phi) is 5.89.